The van der Waals surface area contributed by atoms with E-state index in [1.165, 1.54) is 6.92 Å². The fourth-order valence-electron chi connectivity index (χ4n) is 2.24. The van der Waals surface area contributed by atoms with E-state index in [9.17, 15) is 14.4 Å². The highest BCUT2D eigenvalue weighted by atomic mass is 16.4. The number of hydrogen-bond donors (Lipinski definition) is 3. The first-order valence-electron chi connectivity index (χ1n) is 6.37. The van der Waals surface area contributed by atoms with E-state index in [4.69, 9.17) is 5.11 Å². The normalized spacial score (nSPS) is 14.9. The number of aliphatic carboxylic acids is 1. The number of aryl methyl sites for hydroxylation is 1. The summed E-state index contributed by atoms with van der Waals surface area (Å²) in [5.74, 6) is -1.44. The zero-order valence-corrected chi connectivity index (χ0v) is 11.1. The molecular weight excluding hydrogens is 260 g/mol. The van der Waals surface area contributed by atoms with E-state index in [0.717, 1.165) is 16.8 Å². The molecule has 2 rings (SSSR count). The van der Waals surface area contributed by atoms with Crippen LogP contribution in [-0.2, 0) is 27.2 Å². The lowest BCUT2D eigenvalue weighted by molar-refractivity contribution is -0.141. The van der Waals surface area contributed by atoms with E-state index in [-0.39, 0.29) is 18.2 Å². The van der Waals surface area contributed by atoms with Crippen LogP contribution < -0.4 is 10.6 Å². The molecule has 3 N–H and O–H groups in total. The zero-order chi connectivity index (χ0) is 14.7. The van der Waals surface area contributed by atoms with Crippen molar-refractivity contribution in [3.63, 3.8) is 0 Å². The number of hydrogen-bond acceptors (Lipinski definition) is 3. The minimum absolute atomic E-state index is 0.00749. The summed E-state index contributed by atoms with van der Waals surface area (Å²) in [6.45, 7) is 1.29. The van der Waals surface area contributed by atoms with Gasteiger partial charge in [-0.3, -0.25) is 9.59 Å². The van der Waals surface area contributed by atoms with Crippen molar-refractivity contribution < 1.29 is 19.5 Å². The van der Waals surface area contributed by atoms with Crippen LogP contribution in [0.25, 0.3) is 0 Å². The van der Waals surface area contributed by atoms with Crippen molar-refractivity contribution in [2.24, 2.45) is 0 Å². The van der Waals surface area contributed by atoms with E-state index in [1.807, 2.05) is 6.07 Å². The molecule has 0 aromatic heterocycles. The predicted octanol–water partition coefficient (Wildman–Crippen LogP) is 0.703. The molecule has 1 aliphatic heterocycles. The van der Waals surface area contributed by atoms with Crippen LogP contribution in [0.2, 0.25) is 0 Å². The van der Waals surface area contributed by atoms with Crippen LogP contribution in [0.3, 0.4) is 0 Å². The molecule has 0 saturated heterocycles. The lowest BCUT2D eigenvalue weighted by atomic mass is 9.97. The Morgan fingerprint density at radius 2 is 2.15 bits per heavy atom. The van der Waals surface area contributed by atoms with E-state index in [0.29, 0.717) is 12.8 Å². The number of nitrogens with one attached hydrogen (secondary N) is 2. The lowest BCUT2D eigenvalue weighted by Gasteiger charge is -2.19. The van der Waals surface area contributed by atoms with Gasteiger partial charge in [0.25, 0.3) is 0 Å². The van der Waals surface area contributed by atoms with Crippen molar-refractivity contribution in [1.29, 1.82) is 0 Å². The SMILES string of the molecule is CC(=O)NC(Cc1ccc2c(c1)CCC(=O)N2)C(=O)O. The summed E-state index contributed by atoms with van der Waals surface area (Å²) in [4.78, 5) is 33.4. The molecule has 6 heteroatoms. The Morgan fingerprint density at radius 1 is 1.40 bits per heavy atom. The van der Waals surface area contributed by atoms with Gasteiger partial charge in [0.05, 0.1) is 0 Å². The molecule has 0 fully saturated rings. The number of rotatable bonds is 4. The summed E-state index contributed by atoms with van der Waals surface area (Å²) in [5, 5.41) is 14.3. The fraction of sp³-hybridized carbons (Fsp3) is 0.357. The van der Waals surface area contributed by atoms with Gasteiger partial charge in [-0.1, -0.05) is 12.1 Å². The summed E-state index contributed by atoms with van der Waals surface area (Å²) in [6.07, 6.45) is 1.30. The van der Waals surface area contributed by atoms with E-state index in [2.05, 4.69) is 10.6 Å². The minimum Gasteiger partial charge on any atom is -0.480 e. The molecule has 1 aromatic carbocycles. The lowest BCUT2D eigenvalue weighted by Crippen LogP contribution is -2.41. The Bertz CT molecular complexity index is 568. The second kappa shape index (κ2) is 5.73. The van der Waals surface area contributed by atoms with Crippen LogP contribution >= 0.6 is 0 Å². The summed E-state index contributed by atoms with van der Waals surface area (Å²) in [6, 6.07) is 4.48. The van der Waals surface area contributed by atoms with Gasteiger partial charge < -0.3 is 15.7 Å². The third-order valence-corrected chi connectivity index (χ3v) is 3.18. The topological polar surface area (TPSA) is 95.5 Å². The molecule has 2 amide bonds. The van der Waals surface area contributed by atoms with Crippen molar-refractivity contribution in [3.05, 3.63) is 29.3 Å². The van der Waals surface area contributed by atoms with Crippen LogP contribution in [-0.4, -0.2) is 28.9 Å². The Morgan fingerprint density at radius 3 is 2.80 bits per heavy atom. The van der Waals surface area contributed by atoms with E-state index < -0.39 is 12.0 Å². The molecule has 0 radical (unpaired) electrons. The molecule has 0 aliphatic carbocycles. The summed E-state index contributed by atoms with van der Waals surface area (Å²) in [5.41, 5.74) is 2.59. The average Bonchev–Trinajstić information content (AvgIpc) is 2.37. The molecule has 6 nitrogen and oxygen atoms in total. The smallest absolute Gasteiger partial charge is 0.326 e. The highest BCUT2D eigenvalue weighted by Gasteiger charge is 2.20. The van der Waals surface area contributed by atoms with Crippen molar-refractivity contribution in [1.82, 2.24) is 5.32 Å². The van der Waals surface area contributed by atoms with Gasteiger partial charge >= 0.3 is 5.97 Å². The second-order valence-electron chi connectivity index (χ2n) is 4.84. The number of anilines is 1. The van der Waals surface area contributed by atoms with Crippen LogP contribution in [0.1, 0.15) is 24.5 Å². The monoisotopic (exact) mass is 276 g/mol. The number of carbonyl (C=O) groups excluding carboxylic acids is 2. The standard InChI is InChI=1S/C14H16N2O4/c1-8(17)15-12(14(19)20)7-9-2-4-11-10(6-9)3-5-13(18)16-11/h2,4,6,12H,3,5,7H2,1H3,(H,15,17)(H,16,18)(H,19,20). The van der Waals surface area contributed by atoms with Crippen LogP contribution in [0.5, 0.6) is 0 Å². The van der Waals surface area contributed by atoms with Gasteiger partial charge in [-0.25, -0.2) is 4.79 Å². The highest BCUT2D eigenvalue weighted by molar-refractivity contribution is 5.93. The Hall–Kier alpha value is -2.37. The van der Waals surface area contributed by atoms with Gasteiger partial charge in [0.15, 0.2) is 0 Å². The van der Waals surface area contributed by atoms with Crippen LogP contribution in [0.4, 0.5) is 5.69 Å². The van der Waals surface area contributed by atoms with Crippen molar-refractivity contribution in [2.45, 2.75) is 32.2 Å². The Labute approximate surface area is 116 Å². The molecule has 1 unspecified atom stereocenters. The van der Waals surface area contributed by atoms with Gasteiger partial charge in [0.2, 0.25) is 11.8 Å². The van der Waals surface area contributed by atoms with Crippen molar-refractivity contribution in [3.8, 4) is 0 Å². The average molecular weight is 276 g/mol. The van der Waals surface area contributed by atoms with Gasteiger partial charge in [-0.05, 0) is 23.6 Å². The molecular formula is C14H16N2O4. The Kier molecular flexibility index (Phi) is 4.02. The van der Waals surface area contributed by atoms with Gasteiger partial charge in [-0.2, -0.15) is 0 Å². The number of benzene rings is 1. The van der Waals surface area contributed by atoms with Gasteiger partial charge in [-0.15, -0.1) is 0 Å². The summed E-state index contributed by atoms with van der Waals surface area (Å²) in [7, 11) is 0. The Balaban J connectivity index is 2.15. The van der Waals surface area contributed by atoms with E-state index in [1.54, 1.807) is 12.1 Å². The van der Waals surface area contributed by atoms with E-state index >= 15 is 0 Å². The maximum atomic E-state index is 11.3. The quantitative estimate of drug-likeness (QED) is 0.754. The third kappa shape index (κ3) is 3.34. The first kappa shape index (κ1) is 14.0. The fourth-order valence-corrected chi connectivity index (χ4v) is 2.24. The van der Waals surface area contributed by atoms with Crippen molar-refractivity contribution >= 4 is 23.5 Å². The molecule has 1 aromatic rings. The van der Waals surface area contributed by atoms with Crippen LogP contribution in [0.15, 0.2) is 18.2 Å². The molecule has 1 atom stereocenters. The zero-order valence-electron chi connectivity index (χ0n) is 11.1. The number of carbonyl (C=O) groups is 3. The van der Waals surface area contributed by atoms with Crippen LogP contribution in [0, 0.1) is 0 Å². The molecule has 1 aliphatic rings. The third-order valence-electron chi connectivity index (χ3n) is 3.18. The molecule has 1 heterocycles. The largest absolute Gasteiger partial charge is 0.480 e. The molecule has 20 heavy (non-hydrogen) atoms. The summed E-state index contributed by atoms with van der Waals surface area (Å²) >= 11 is 0. The van der Waals surface area contributed by atoms with Gasteiger partial charge in [0, 0.05) is 25.5 Å². The predicted molar refractivity (Wildman–Crippen MR) is 72.3 cm³/mol. The number of fused-ring (bicyclic) bond motifs is 1. The van der Waals surface area contributed by atoms with Gasteiger partial charge in [0.1, 0.15) is 6.04 Å². The molecule has 106 valence electrons. The first-order chi connectivity index (χ1) is 9.45. The number of carboxylic acid groups (broad SMARTS) is 1. The maximum Gasteiger partial charge on any atom is 0.326 e. The summed E-state index contributed by atoms with van der Waals surface area (Å²) < 4.78 is 0. The first-order valence-corrected chi connectivity index (χ1v) is 6.37. The molecule has 0 spiro atoms. The molecule has 0 saturated carbocycles. The maximum absolute atomic E-state index is 11.3. The molecule has 0 bridgehead atoms. The minimum atomic E-state index is -1.06. The van der Waals surface area contributed by atoms with Crippen molar-refractivity contribution in [2.75, 3.05) is 5.32 Å². The number of carboxylic acids is 1. The second-order valence-corrected chi connectivity index (χ2v) is 4.84. The highest BCUT2D eigenvalue weighted by Crippen LogP contribution is 2.24. The number of amides is 2.